The highest BCUT2D eigenvalue weighted by Crippen LogP contribution is 2.22. The lowest BCUT2D eigenvalue weighted by atomic mass is 9.90. The van der Waals surface area contributed by atoms with Crippen molar-refractivity contribution in [3.8, 4) is 0 Å². The summed E-state index contributed by atoms with van der Waals surface area (Å²) >= 11 is 0. The van der Waals surface area contributed by atoms with Crippen LogP contribution in [0, 0.1) is 15.5 Å². The van der Waals surface area contributed by atoms with Crippen LogP contribution in [-0.2, 0) is 9.53 Å². The smallest absolute Gasteiger partial charge is 0.311 e. The first-order valence-electron chi connectivity index (χ1n) is 4.95. The highest BCUT2D eigenvalue weighted by molar-refractivity contribution is 5.75. The first-order chi connectivity index (χ1) is 6.63. The van der Waals surface area contributed by atoms with Crippen LogP contribution >= 0.6 is 0 Å². The summed E-state index contributed by atoms with van der Waals surface area (Å²) in [6.45, 7) is 8.06. The average Bonchev–Trinajstić information content (AvgIpc) is 2.13. The molecule has 0 heterocycles. The van der Waals surface area contributed by atoms with Gasteiger partial charge in [-0.15, -0.1) is 0 Å². The molecule has 0 rings (SSSR count). The molecule has 0 unspecified atom stereocenters. The van der Waals surface area contributed by atoms with Gasteiger partial charge in [-0.2, -0.15) is 0 Å². The molecule has 15 heavy (non-hydrogen) atoms. The van der Waals surface area contributed by atoms with Crippen molar-refractivity contribution in [2.24, 2.45) is 5.41 Å². The van der Waals surface area contributed by atoms with Gasteiger partial charge in [0, 0.05) is 18.8 Å². The van der Waals surface area contributed by atoms with Gasteiger partial charge in [-0.05, 0) is 20.3 Å². The molecule has 0 amide bonds. The Morgan fingerprint density at radius 2 is 1.80 bits per heavy atom. The van der Waals surface area contributed by atoms with Crippen LogP contribution in [-0.4, -0.2) is 23.0 Å². The summed E-state index contributed by atoms with van der Waals surface area (Å²) in [6.07, 6.45) is 0.644. The maximum absolute atomic E-state index is 11.5. The Bertz CT molecular complexity index is 258. The molecule has 0 fully saturated rings. The Morgan fingerprint density at radius 1 is 1.33 bits per heavy atom. The molecular formula is C10H19NO4. The summed E-state index contributed by atoms with van der Waals surface area (Å²) < 4.78 is 4.94. The van der Waals surface area contributed by atoms with E-state index in [1.165, 1.54) is 13.8 Å². The van der Waals surface area contributed by atoms with Gasteiger partial charge in [0.05, 0.1) is 5.41 Å². The summed E-state index contributed by atoms with van der Waals surface area (Å²) in [6, 6.07) is 0. The molecule has 0 spiro atoms. The molecule has 0 atom stereocenters. The highest BCUT2D eigenvalue weighted by atomic mass is 16.6. The Kier molecular flexibility index (Phi) is 4.25. The maximum atomic E-state index is 11.5. The zero-order valence-corrected chi connectivity index (χ0v) is 9.99. The van der Waals surface area contributed by atoms with E-state index >= 15 is 0 Å². The molecule has 88 valence electrons. The minimum Gasteiger partial charge on any atom is -0.458 e. The van der Waals surface area contributed by atoms with Gasteiger partial charge in [0.15, 0.2) is 6.61 Å². The molecule has 0 saturated carbocycles. The van der Waals surface area contributed by atoms with Crippen molar-refractivity contribution in [1.82, 2.24) is 0 Å². The standard InChI is InChI=1S/C10H19NO4/c1-6-9(2,3)8(12)15-7-10(4,5)11(13)14/h6-7H2,1-5H3. The number of carbonyl (C=O) groups is 1. The molecule has 0 aromatic rings. The Labute approximate surface area is 90.0 Å². The fraction of sp³-hybridized carbons (Fsp3) is 0.900. The molecule has 0 bridgehead atoms. The number of esters is 1. The summed E-state index contributed by atoms with van der Waals surface area (Å²) in [7, 11) is 0. The number of rotatable bonds is 5. The third kappa shape index (κ3) is 3.85. The van der Waals surface area contributed by atoms with Gasteiger partial charge >= 0.3 is 5.97 Å². The Morgan fingerprint density at radius 3 is 2.13 bits per heavy atom. The van der Waals surface area contributed by atoms with Gasteiger partial charge in [-0.25, -0.2) is 0 Å². The predicted molar refractivity (Wildman–Crippen MR) is 56.1 cm³/mol. The van der Waals surface area contributed by atoms with E-state index in [4.69, 9.17) is 4.74 Å². The van der Waals surface area contributed by atoms with E-state index < -0.39 is 15.9 Å². The minimum atomic E-state index is -1.22. The first-order valence-corrected chi connectivity index (χ1v) is 4.95. The SMILES string of the molecule is CCC(C)(C)C(=O)OCC(C)(C)[N+](=O)[O-]. The molecule has 5 heteroatoms. The van der Waals surface area contributed by atoms with E-state index in [1.807, 2.05) is 6.92 Å². The average molecular weight is 217 g/mol. The predicted octanol–water partition coefficient (Wildman–Crippen LogP) is 2.02. The van der Waals surface area contributed by atoms with Crippen LogP contribution < -0.4 is 0 Å². The molecular weight excluding hydrogens is 198 g/mol. The van der Waals surface area contributed by atoms with Crippen LogP contribution in [0.3, 0.4) is 0 Å². The van der Waals surface area contributed by atoms with Gasteiger partial charge in [0.25, 0.3) is 0 Å². The zero-order chi connectivity index (χ0) is 12.3. The lowest BCUT2D eigenvalue weighted by Gasteiger charge is -2.22. The van der Waals surface area contributed by atoms with Gasteiger partial charge < -0.3 is 4.74 Å². The third-order valence-electron chi connectivity index (χ3n) is 2.49. The van der Waals surface area contributed by atoms with Crippen LogP contribution in [0.4, 0.5) is 0 Å². The molecule has 0 N–H and O–H groups in total. The molecule has 0 aromatic heterocycles. The molecule has 0 radical (unpaired) electrons. The van der Waals surface area contributed by atoms with Crippen molar-refractivity contribution >= 4 is 5.97 Å². The summed E-state index contributed by atoms with van der Waals surface area (Å²) in [5.74, 6) is -0.389. The van der Waals surface area contributed by atoms with Gasteiger partial charge in [0.1, 0.15) is 0 Å². The van der Waals surface area contributed by atoms with E-state index in [9.17, 15) is 14.9 Å². The van der Waals surface area contributed by atoms with Crippen molar-refractivity contribution in [2.75, 3.05) is 6.61 Å². The number of carbonyl (C=O) groups excluding carboxylic acids is 1. The Balaban J connectivity index is 4.30. The molecule has 0 aliphatic heterocycles. The number of nitro groups is 1. The lowest BCUT2D eigenvalue weighted by molar-refractivity contribution is -0.563. The fourth-order valence-electron chi connectivity index (χ4n) is 0.635. The van der Waals surface area contributed by atoms with Crippen molar-refractivity contribution < 1.29 is 14.5 Å². The van der Waals surface area contributed by atoms with Gasteiger partial charge in [-0.3, -0.25) is 14.9 Å². The quantitative estimate of drug-likeness (QED) is 0.401. The second-order valence-corrected chi connectivity index (χ2v) is 4.88. The Hall–Kier alpha value is -1.13. The highest BCUT2D eigenvalue weighted by Gasteiger charge is 2.35. The van der Waals surface area contributed by atoms with Crippen molar-refractivity contribution in [3.63, 3.8) is 0 Å². The number of ether oxygens (including phenoxy) is 1. The van der Waals surface area contributed by atoms with Crippen LogP contribution in [0.25, 0.3) is 0 Å². The number of hydrogen-bond acceptors (Lipinski definition) is 4. The lowest BCUT2D eigenvalue weighted by Crippen LogP contribution is -2.39. The van der Waals surface area contributed by atoms with Crippen molar-refractivity contribution in [1.29, 1.82) is 0 Å². The topological polar surface area (TPSA) is 69.4 Å². The molecule has 0 aliphatic rings. The first kappa shape index (κ1) is 13.9. The second-order valence-electron chi connectivity index (χ2n) is 4.88. The number of nitrogens with zero attached hydrogens (tertiary/aromatic N) is 1. The van der Waals surface area contributed by atoms with Crippen LogP contribution in [0.2, 0.25) is 0 Å². The third-order valence-corrected chi connectivity index (χ3v) is 2.49. The summed E-state index contributed by atoms with van der Waals surface area (Å²) in [5, 5.41) is 10.6. The van der Waals surface area contributed by atoms with Crippen LogP contribution in [0.5, 0.6) is 0 Å². The van der Waals surface area contributed by atoms with E-state index in [1.54, 1.807) is 13.8 Å². The van der Waals surface area contributed by atoms with Gasteiger partial charge in [0.2, 0.25) is 5.54 Å². The van der Waals surface area contributed by atoms with Crippen LogP contribution in [0.1, 0.15) is 41.0 Å². The van der Waals surface area contributed by atoms with Crippen molar-refractivity contribution in [3.05, 3.63) is 10.1 Å². The van der Waals surface area contributed by atoms with Crippen LogP contribution in [0.15, 0.2) is 0 Å². The largest absolute Gasteiger partial charge is 0.458 e. The number of hydrogen-bond donors (Lipinski definition) is 0. The van der Waals surface area contributed by atoms with E-state index in [0.29, 0.717) is 6.42 Å². The fourth-order valence-corrected chi connectivity index (χ4v) is 0.635. The molecule has 5 nitrogen and oxygen atoms in total. The molecule has 0 aromatic carbocycles. The second kappa shape index (κ2) is 4.59. The van der Waals surface area contributed by atoms with E-state index in [2.05, 4.69) is 0 Å². The summed E-state index contributed by atoms with van der Waals surface area (Å²) in [4.78, 5) is 21.6. The molecule has 0 aliphatic carbocycles. The monoisotopic (exact) mass is 217 g/mol. The van der Waals surface area contributed by atoms with Crippen molar-refractivity contribution in [2.45, 2.75) is 46.6 Å². The molecule has 0 saturated heterocycles. The zero-order valence-electron chi connectivity index (χ0n) is 9.99. The van der Waals surface area contributed by atoms with E-state index in [-0.39, 0.29) is 12.6 Å². The maximum Gasteiger partial charge on any atom is 0.311 e. The van der Waals surface area contributed by atoms with E-state index in [0.717, 1.165) is 0 Å². The minimum absolute atomic E-state index is 0.192. The van der Waals surface area contributed by atoms with Gasteiger partial charge in [-0.1, -0.05) is 6.92 Å². The normalized spacial score (nSPS) is 12.3. The summed E-state index contributed by atoms with van der Waals surface area (Å²) in [5.41, 5.74) is -1.80.